The average molecular weight is 227 g/mol. The molecular formula is C14H29NO. The maximum Gasteiger partial charge on any atom is 0.0477 e. The van der Waals surface area contributed by atoms with Crippen molar-refractivity contribution in [3.05, 3.63) is 0 Å². The molecule has 0 saturated heterocycles. The van der Waals surface area contributed by atoms with Gasteiger partial charge in [0.25, 0.3) is 0 Å². The first-order valence-corrected chi connectivity index (χ1v) is 6.84. The molecule has 1 rings (SSSR count). The molecule has 0 amide bonds. The van der Waals surface area contributed by atoms with Gasteiger partial charge >= 0.3 is 0 Å². The molecule has 2 nitrogen and oxygen atoms in total. The summed E-state index contributed by atoms with van der Waals surface area (Å²) in [6.07, 6.45) is 5.19. The summed E-state index contributed by atoms with van der Waals surface area (Å²) < 4.78 is 5.34. The van der Waals surface area contributed by atoms with Crippen LogP contribution in [0.3, 0.4) is 0 Å². The van der Waals surface area contributed by atoms with Gasteiger partial charge in [0.1, 0.15) is 0 Å². The quantitative estimate of drug-likeness (QED) is 0.704. The van der Waals surface area contributed by atoms with Crippen LogP contribution < -0.4 is 5.32 Å². The van der Waals surface area contributed by atoms with Crippen LogP contribution in [0.15, 0.2) is 0 Å². The van der Waals surface area contributed by atoms with Gasteiger partial charge in [-0.2, -0.15) is 0 Å². The zero-order chi connectivity index (χ0) is 12.0. The molecular weight excluding hydrogens is 198 g/mol. The first-order chi connectivity index (χ1) is 7.53. The van der Waals surface area contributed by atoms with Crippen molar-refractivity contribution in [3.63, 3.8) is 0 Å². The monoisotopic (exact) mass is 227 g/mol. The van der Waals surface area contributed by atoms with Crippen molar-refractivity contribution < 1.29 is 4.74 Å². The highest BCUT2D eigenvalue weighted by Crippen LogP contribution is 2.38. The lowest BCUT2D eigenvalue weighted by atomic mass is 9.70. The molecule has 0 aromatic rings. The lowest BCUT2D eigenvalue weighted by Crippen LogP contribution is -2.40. The Morgan fingerprint density at radius 3 is 2.69 bits per heavy atom. The van der Waals surface area contributed by atoms with Crippen LogP contribution in [-0.4, -0.2) is 25.8 Å². The van der Waals surface area contributed by atoms with Crippen molar-refractivity contribution in [3.8, 4) is 0 Å². The van der Waals surface area contributed by atoms with Gasteiger partial charge in [-0.1, -0.05) is 20.8 Å². The van der Waals surface area contributed by atoms with E-state index in [4.69, 9.17) is 4.74 Å². The number of hydrogen-bond acceptors (Lipinski definition) is 2. The van der Waals surface area contributed by atoms with Crippen molar-refractivity contribution >= 4 is 0 Å². The van der Waals surface area contributed by atoms with Gasteiger partial charge in [-0.25, -0.2) is 0 Å². The Hall–Kier alpha value is -0.0800. The molecule has 96 valence electrons. The van der Waals surface area contributed by atoms with Gasteiger partial charge in [0.2, 0.25) is 0 Å². The minimum Gasteiger partial charge on any atom is -0.382 e. The average Bonchev–Trinajstić information content (AvgIpc) is 2.14. The summed E-state index contributed by atoms with van der Waals surface area (Å²) in [5.41, 5.74) is 0.523. The van der Waals surface area contributed by atoms with Crippen molar-refractivity contribution in [1.82, 2.24) is 5.32 Å². The maximum atomic E-state index is 5.34. The molecule has 0 aromatic heterocycles. The van der Waals surface area contributed by atoms with Crippen molar-refractivity contribution in [2.45, 2.75) is 59.4 Å². The second-order valence-corrected chi connectivity index (χ2v) is 6.11. The smallest absolute Gasteiger partial charge is 0.0477 e. The predicted octanol–water partition coefficient (Wildman–Crippen LogP) is 3.22. The third kappa shape index (κ3) is 5.31. The van der Waals surface area contributed by atoms with Gasteiger partial charge in [-0.05, 0) is 50.5 Å². The Morgan fingerprint density at radius 1 is 1.31 bits per heavy atom. The first-order valence-electron chi connectivity index (χ1n) is 6.84. The van der Waals surface area contributed by atoms with Crippen molar-refractivity contribution in [1.29, 1.82) is 0 Å². The highest BCUT2D eigenvalue weighted by molar-refractivity contribution is 4.86. The molecule has 2 atom stereocenters. The standard InChI is InChI=1S/C14H29NO/c1-5-16-8-6-7-15-13-9-12(2)10-14(3,4)11-13/h12-13,15H,5-11H2,1-4H3/t12-,13+/m1/s1. The van der Waals surface area contributed by atoms with E-state index in [1.807, 2.05) is 0 Å². The van der Waals surface area contributed by atoms with E-state index in [-0.39, 0.29) is 0 Å². The van der Waals surface area contributed by atoms with Crippen molar-refractivity contribution in [2.75, 3.05) is 19.8 Å². The summed E-state index contributed by atoms with van der Waals surface area (Å²) in [4.78, 5) is 0. The zero-order valence-electron chi connectivity index (χ0n) is 11.5. The summed E-state index contributed by atoms with van der Waals surface area (Å²) in [7, 11) is 0. The summed E-state index contributed by atoms with van der Waals surface area (Å²) in [5, 5.41) is 3.69. The third-order valence-electron chi connectivity index (χ3n) is 3.49. The predicted molar refractivity (Wildman–Crippen MR) is 69.7 cm³/mol. The van der Waals surface area contributed by atoms with Crippen LogP contribution in [0.2, 0.25) is 0 Å². The molecule has 0 radical (unpaired) electrons. The second-order valence-electron chi connectivity index (χ2n) is 6.11. The van der Waals surface area contributed by atoms with E-state index >= 15 is 0 Å². The van der Waals surface area contributed by atoms with E-state index in [0.29, 0.717) is 5.41 Å². The fourth-order valence-electron chi connectivity index (χ4n) is 3.13. The summed E-state index contributed by atoms with van der Waals surface area (Å²) in [6, 6.07) is 0.723. The van der Waals surface area contributed by atoms with Crippen LogP contribution in [-0.2, 0) is 4.74 Å². The molecule has 0 spiro atoms. The van der Waals surface area contributed by atoms with Gasteiger partial charge in [0.05, 0.1) is 0 Å². The van der Waals surface area contributed by atoms with Gasteiger partial charge in [0, 0.05) is 19.3 Å². The number of rotatable bonds is 6. The van der Waals surface area contributed by atoms with Gasteiger partial charge in [-0.3, -0.25) is 0 Å². The molecule has 1 saturated carbocycles. The van der Waals surface area contributed by atoms with Crippen molar-refractivity contribution in [2.24, 2.45) is 11.3 Å². The van der Waals surface area contributed by atoms with E-state index < -0.39 is 0 Å². The number of ether oxygens (including phenoxy) is 1. The van der Waals surface area contributed by atoms with Crippen LogP contribution in [0.5, 0.6) is 0 Å². The van der Waals surface area contributed by atoms with E-state index in [0.717, 1.165) is 38.1 Å². The first kappa shape index (κ1) is 14.0. The molecule has 1 aliphatic carbocycles. The molecule has 1 aliphatic rings. The minimum absolute atomic E-state index is 0.523. The Labute approximate surface area is 101 Å². The lowest BCUT2D eigenvalue weighted by molar-refractivity contribution is 0.133. The van der Waals surface area contributed by atoms with E-state index in [1.165, 1.54) is 19.3 Å². The van der Waals surface area contributed by atoms with Gasteiger partial charge in [-0.15, -0.1) is 0 Å². The Morgan fingerprint density at radius 2 is 2.06 bits per heavy atom. The maximum absolute atomic E-state index is 5.34. The molecule has 0 aromatic carbocycles. The third-order valence-corrected chi connectivity index (χ3v) is 3.49. The van der Waals surface area contributed by atoms with Gasteiger partial charge in [0.15, 0.2) is 0 Å². The van der Waals surface area contributed by atoms with E-state index in [9.17, 15) is 0 Å². The van der Waals surface area contributed by atoms with Gasteiger partial charge < -0.3 is 10.1 Å². The van der Waals surface area contributed by atoms with Crippen LogP contribution in [0.25, 0.3) is 0 Å². The normalized spacial score (nSPS) is 29.2. The molecule has 1 fully saturated rings. The number of nitrogens with one attached hydrogen (secondary N) is 1. The van der Waals surface area contributed by atoms with E-state index in [1.54, 1.807) is 0 Å². The van der Waals surface area contributed by atoms with Crippen LogP contribution in [0.4, 0.5) is 0 Å². The fraction of sp³-hybridized carbons (Fsp3) is 1.00. The Balaban J connectivity index is 2.16. The molecule has 0 bridgehead atoms. The molecule has 16 heavy (non-hydrogen) atoms. The van der Waals surface area contributed by atoms with Crippen LogP contribution in [0.1, 0.15) is 53.4 Å². The largest absolute Gasteiger partial charge is 0.382 e. The minimum atomic E-state index is 0.523. The SMILES string of the molecule is CCOCCCN[C@H]1C[C@@H](C)CC(C)(C)C1. The summed E-state index contributed by atoms with van der Waals surface area (Å²) in [6.45, 7) is 12.1. The van der Waals surface area contributed by atoms with E-state index in [2.05, 4.69) is 33.0 Å². The highest BCUT2D eigenvalue weighted by atomic mass is 16.5. The summed E-state index contributed by atoms with van der Waals surface area (Å²) in [5.74, 6) is 0.869. The second kappa shape index (κ2) is 6.61. The zero-order valence-corrected chi connectivity index (χ0v) is 11.5. The molecule has 0 unspecified atom stereocenters. The topological polar surface area (TPSA) is 21.3 Å². The lowest BCUT2D eigenvalue weighted by Gasteiger charge is -2.39. The van der Waals surface area contributed by atoms with Crippen LogP contribution in [0, 0.1) is 11.3 Å². The Bertz CT molecular complexity index is 191. The molecule has 1 N–H and O–H groups in total. The fourth-order valence-corrected chi connectivity index (χ4v) is 3.13. The highest BCUT2D eigenvalue weighted by Gasteiger charge is 2.31. The van der Waals surface area contributed by atoms with Crippen LogP contribution >= 0.6 is 0 Å². The molecule has 0 aliphatic heterocycles. The molecule has 0 heterocycles. The summed E-state index contributed by atoms with van der Waals surface area (Å²) >= 11 is 0. The number of hydrogen-bond donors (Lipinski definition) is 1. The molecule has 2 heteroatoms. The Kier molecular flexibility index (Phi) is 5.77.